The number of halogens is 1. The SMILES string of the molecule is FOCc1ccc(C(OCc2ccccc2)OCc2ccccc2)cc1. The molecule has 3 rings (SSSR count). The van der Waals surface area contributed by atoms with Gasteiger partial charge in [0.1, 0.15) is 6.61 Å². The van der Waals surface area contributed by atoms with Crippen molar-refractivity contribution in [2.24, 2.45) is 0 Å². The fraction of sp³-hybridized carbons (Fsp3) is 0.182. The minimum atomic E-state index is -0.518. The summed E-state index contributed by atoms with van der Waals surface area (Å²) in [7, 11) is 0. The first kappa shape index (κ1) is 18.3. The lowest BCUT2D eigenvalue weighted by molar-refractivity contribution is -0.161. The van der Waals surface area contributed by atoms with Crippen molar-refractivity contribution in [1.29, 1.82) is 0 Å². The highest BCUT2D eigenvalue weighted by molar-refractivity contribution is 5.23. The van der Waals surface area contributed by atoms with E-state index >= 15 is 0 Å². The molecule has 0 amide bonds. The predicted molar refractivity (Wildman–Crippen MR) is 97.5 cm³/mol. The third-order valence-electron chi connectivity index (χ3n) is 3.96. The monoisotopic (exact) mass is 352 g/mol. The molecule has 3 aromatic rings. The summed E-state index contributed by atoms with van der Waals surface area (Å²) in [6.45, 7) is 0.811. The summed E-state index contributed by atoms with van der Waals surface area (Å²) in [6.07, 6.45) is -0.518. The third kappa shape index (κ3) is 5.49. The van der Waals surface area contributed by atoms with Gasteiger partial charge >= 0.3 is 0 Å². The Balaban J connectivity index is 1.69. The molecule has 4 heteroatoms. The maximum absolute atomic E-state index is 12.0. The van der Waals surface area contributed by atoms with Gasteiger partial charge in [-0.2, -0.15) is 4.94 Å². The van der Waals surface area contributed by atoms with E-state index in [9.17, 15) is 4.53 Å². The van der Waals surface area contributed by atoms with Crippen LogP contribution in [0.5, 0.6) is 0 Å². The molecule has 0 radical (unpaired) electrons. The molecule has 3 nitrogen and oxygen atoms in total. The fourth-order valence-electron chi connectivity index (χ4n) is 2.57. The van der Waals surface area contributed by atoms with E-state index < -0.39 is 6.29 Å². The Hall–Kier alpha value is -2.53. The molecule has 3 aromatic carbocycles. The lowest BCUT2D eigenvalue weighted by atomic mass is 10.1. The zero-order valence-corrected chi connectivity index (χ0v) is 14.4. The summed E-state index contributed by atoms with van der Waals surface area (Å²) in [6, 6.07) is 27.2. The highest BCUT2D eigenvalue weighted by Crippen LogP contribution is 2.23. The summed E-state index contributed by atoms with van der Waals surface area (Å²) in [5.74, 6) is 0. The van der Waals surface area contributed by atoms with Crippen molar-refractivity contribution in [2.45, 2.75) is 26.1 Å². The fourth-order valence-corrected chi connectivity index (χ4v) is 2.57. The van der Waals surface area contributed by atoms with Crippen molar-refractivity contribution in [2.75, 3.05) is 0 Å². The first-order valence-corrected chi connectivity index (χ1v) is 8.48. The second kappa shape index (κ2) is 9.82. The van der Waals surface area contributed by atoms with Crippen LogP contribution in [0.25, 0.3) is 0 Å². The van der Waals surface area contributed by atoms with Crippen LogP contribution < -0.4 is 0 Å². The van der Waals surface area contributed by atoms with Crippen LogP contribution >= 0.6 is 0 Å². The highest BCUT2D eigenvalue weighted by atomic mass is 19.3. The van der Waals surface area contributed by atoms with Crippen LogP contribution in [0.3, 0.4) is 0 Å². The van der Waals surface area contributed by atoms with Crippen molar-refractivity contribution in [3.05, 3.63) is 107 Å². The van der Waals surface area contributed by atoms with Crippen molar-refractivity contribution in [1.82, 2.24) is 0 Å². The zero-order valence-electron chi connectivity index (χ0n) is 14.4. The molecule has 0 bridgehead atoms. The molecule has 134 valence electrons. The molecule has 0 unspecified atom stereocenters. The van der Waals surface area contributed by atoms with Gasteiger partial charge in [0.2, 0.25) is 0 Å². The lowest BCUT2D eigenvalue weighted by Gasteiger charge is -2.19. The molecule has 0 atom stereocenters. The maximum atomic E-state index is 12.0. The number of rotatable bonds is 9. The molecule has 0 aliphatic rings. The molecule has 0 aliphatic heterocycles. The second-order valence-corrected chi connectivity index (χ2v) is 5.92. The van der Waals surface area contributed by atoms with E-state index in [1.54, 1.807) is 12.1 Å². The van der Waals surface area contributed by atoms with E-state index in [1.165, 1.54) is 0 Å². The van der Waals surface area contributed by atoms with Gasteiger partial charge in [-0.05, 0) is 21.2 Å². The molecule has 0 saturated heterocycles. The highest BCUT2D eigenvalue weighted by Gasteiger charge is 2.13. The van der Waals surface area contributed by atoms with Crippen LogP contribution in [0.4, 0.5) is 4.53 Å². The van der Waals surface area contributed by atoms with Crippen molar-refractivity contribution in [3.63, 3.8) is 0 Å². The zero-order chi connectivity index (χ0) is 18.0. The first-order chi connectivity index (χ1) is 12.8. The molecule has 0 N–H and O–H groups in total. The van der Waals surface area contributed by atoms with Gasteiger partial charge < -0.3 is 9.47 Å². The van der Waals surface area contributed by atoms with E-state index in [1.807, 2.05) is 72.8 Å². The van der Waals surface area contributed by atoms with E-state index in [0.29, 0.717) is 13.2 Å². The third-order valence-corrected chi connectivity index (χ3v) is 3.96. The first-order valence-electron chi connectivity index (χ1n) is 8.48. The van der Waals surface area contributed by atoms with Gasteiger partial charge in [0.15, 0.2) is 6.29 Å². The Morgan fingerprint density at radius 1 is 0.577 bits per heavy atom. The quantitative estimate of drug-likeness (QED) is 0.475. The molecule has 0 aromatic heterocycles. The smallest absolute Gasteiger partial charge is 0.184 e. The number of hydrogen-bond donors (Lipinski definition) is 0. The van der Waals surface area contributed by atoms with Gasteiger partial charge in [-0.25, -0.2) is 0 Å². The molecular weight excluding hydrogens is 331 g/mol. The Labute approximate surface area is 152 Å². The second-order valence-electron chi connectivity index (χ2n) is 5.92. The topological polar surface area (TPSA) is 27.7 Å². The molecule has 0 heterocycles. The van der Waals surface area contributed by atoms with Gasteiger partial charge in [-0.3, -0.25) is 0 Å². The van der Waals surface area contributed by atoms with Crippen LogP contribution in [0.1, 0.15) is 28.5 Å². The van der Waals surface area contributed by atoms with Crippen LogP contribution in [-0.2, 0) is 34.2 Å². The lowest BCUT2D eigenvalue weighted by Crippen LogP contribution is -2.09. The van der Waals surface area contributed by atoms with Gasteiger partial charge in [-0.15, -0.1) is 0 Å². The van der Waals surface area contributed by atoms with Crippen LogP contribution in [0.2, 0.25) is 0 Å². The van der Waals surface area contributed by atoms with Gasteiger partial charge in [0, 0.05) is 5.56 Å². The standard InChI is InChI=1S/C22H21FO3/c23-26-17-20-11-13-21(14-12-20)22(24-15-18-7-3-1-4-8-18)25-16-19-9-5-2-6-10-19/h1-14,22H,15-17H2. The minimum absolute atomic E-state index is 0.0688. The average Bonchev–Trinajstić information content (AvgIpc) is 2.71. The summed E-state index contributed by atoms with van der Waals surface area (Å²) in [5.41, 5.74) is 3.77. The van der Waals surface area contributed by atoms with E-state index in [4.69, 9.17) is 9.47 Å². The van der Waals surface area contributed by atoms with E-state index in [-0.39, 0.29) is 6.61 Å². The number of benzene rings is 3. The molecule has 0 saturated carbocycles. The molecular formula is C22H21FO3. The normalized spacial score (nSPS) is 11.0. The average molecular weight is 352 g/mol. The summed E-state index contributed by atoms with van der Waals surface area (Å²) < 4.78 is 24.0. The molecule has 0 spiro atoms. The van der Waals surface area contributed by atoms with Crippen molar-refractivity contribution >= 4 is 0 Å². The molecule has 0 fully saturated rings. The Bertz CT molecular complexity index is 717. The van der Waals surface area contributed by atoms with Gasteiger partial charge in [-0.1, -0.05) is 84.9 Å². The van der Waals surface area contributed by atoms with Crippen LogP contribution in [0, 0.1) is 0 Å². The number of ether oxygens (including phenoxy) is 2. The summed E-state index contributed by atoms with van der Waals surface area (Å²) >= 11 is 0. The van der Waals surface area contributed by atoms with Crippen molar-refractivity contribution in [3.8, 4) is 0 Å². The van der Waals surface area contributed by atoms with E-state index in [2.05, 4.69) is 4.94 Å². The number of hydrogen-bond acceptors (Lipinski definition) is 3. The van der Waals surface area contributed by atoms with Crippen LogP contribution in [0.15, 0.2) is 84.9 Å². The predicted octanol–water partition coefficient (Wildman–Crippen LogP) is 5.52. The van der Waals surface area contributed by atoms with E-state index in [0.717, 1.165) is 22.3 Å². The Morgan fingerprint density at radius 2 is 1.04 bits per heavy atom. The van der Waals surface area contributed by atoms with Crippen LogP contribution in [-0.4, -0.2) is 0 Å². The largest absolute Gasteiger partial charge is 0.344 e. The summed E-state index contributed by atoms with van der Waals surface area (Å²) in [5, 5.41) is 0. The Morgan fingerprint density at radius 3 is 1.50 bits per heavy atom. The maximum Gasteiger partial charge on any atom is 0.184 e. The molecule has 0 aliphatic carbocycles. The van der Waals surface area contributed by atoms with Crippen molar-refractivity contribution < 1.29 is 18.9 Å². The molecule has 26 heavy (non-hydrogen) atoms. The minimum Gasteiger partial charge on any atom is -0.344 e. The van der Waals surface area contributed by atoms with Gasteiger partial charge in [0.25, 0.3) is 0 Å². The summed E-state index contributed by atoms with van der Waals surface area (Å²) in [4.78, 5) is 3.68. The van der Waals surface area contributed by atoms with Gasteiger partial charge in [0.05, 0.1) is 13.2 Å². The Kier molecular flexibility index (Phi) is 6.90.